The molecule has 0 spiro atoms. The lowest BCUT2D eigenvalue weighted by Gasteiger charge is -2.65. The predicted octanol–water partition coefficient (Wildman–Crippen LogP) is 2.03. The maximum Gasteiger partial charge on any atom is 0.347 e. The van der Waals surface area contributed by atoms with Gasteiger partial charge in [0.25, 0.3) is 0 Å². The highest BCUT2D eigenvalue weighted by Crippen LogP contribution is 2.70. The molecule has 0 aromatic carbocycles. The van der Waals surface area contributed by atoms with Crippen LogP contribution in [0, 0.1) is 16.7 Å². The van der Waals surface area contributed by atoms with Crippen LogP contribution in [-0.4, -0.2) is 19.3 Å². The third-order valence-corrected chi connectivity index (χ3v) is 5.84. The lowest BCUT2D eigenvalue weighted by atomic mass is 9.40. The molecule has 7 heteroatoms. The first kappa shape index (κ1) is 13.3. The fourth-order valence-corrected chi connectivity index (χ4v) is 4.79. The Labute approximate surface area is 137 Å². The number of halogens is 1. The molecule has 3 aliphatic carbocycles. The minimum atomic E-state index is -0.207. The van der Waals surface area contributed by atoms with E-state index in [0.29, 0.717) is 5.02 Å². The molecular formula is C16H14ClN5O. The standard InChI is InChI=1S/C16H14ClN5O/c17-11-3-10(4-19-5-11)12-1-2-13-20-22(14(23)21(12)13)16-6-15(7-16,8-16)9-18/h3-5,12H,1-2,6-8H2. The molecule has 0 N–H and O–H groups in total. The number of aromatic nitrogens is 4. The quantitative estimate of drug-likeness (QED) is 0.845. The van der Waals surface area contributed by atoms with Crippen LogP contribution in [0.3, 0.4) is 0 Å². The molecule has 0 radical (unpaired) electrons. The highest BCUT2D eigenvalue weighted by Gasteiger charge is 2.71. The molecule has 3 heterocycles. The van der Waals surface area contributed by atoms with Crippen molar-refractivity contribution < 1.29 is 0 Å². The molecule has 2 aromatic heterocycles. The molecule has 1 atom stereocenters. The number of rotatable bonds is 2. The predicted molar refractivity (Wildman–Crippen MR) is 82.1 cm³/mol. The molecule has 0 amide bonds. The maximum atomic E-state index is 12.9. The van der Waals surface area contributed by atoms with Crippen molar-refractivity contribution in [3.8, 4) is 6.07 Å². The van der Waals surface area contributed by atoms with Crippen LogP contribution >= 0.6 is 11.6 Å². The Morgan fingerprint density at radius 2 is 2.13 bits per heavy atom. The first-order valence-corrected chi connectivity index (χ1v) is 8.16. The summed E-state index contributed by atoms with van der Waals surface area (Å²) in [7, 11) is 0. The van der Waals surface area contributed by atoms with E-state index in [0.717, 1.165) is 43.5 Å². The van der Waals surface area contributed by atoms with Crippen LogP contribution < -0.4 is 5.69 Å². The second-order valence-corrected chi connectivity index (χ2v) is 7.55. The zero-order chi connectivity index (χ0) is 15.8. The smallest absolute Gasteiger partial charge is 0.271 e. The van der Waals surface area contributed by atoms with E-state index in [9.17, 15) is 4.79 Å². The summed E-state index contributed by atoms with van der Waals surface area (Å²) in [5, 5.41) is 14.3. The van der Waals surface area contributed by atoms with E-state index in [4.69, 9.17) is 16.9 Å². The molecule has 3 saturated carbocycles. The maximum absolute atomic E-state index is 12.9. The van der Waals surface area contributed by atoms with Gasteiger partial charge in [0.2, 0.25) is 0 Å². The van der Waals surface area contributed by atoms with Crippen molar-refractivity contribution in [1.29, 1.82) is 5.26 Å². The van der Waals surface area contributed by atoms with Crippen molar-refractivity contribution in [3.05, 3.63) is 45.4 Å². The van der Waals surface area contributed by atoms with Gasteiger partial charge in [0.1, 0.15) is 5.82 Å². The van der Waals surface area contributed by atoms with Crippen LogP contribution in [0.25, 0.3) is 0 Å². The second-order valence-electron chi connectivity index (χ2n) is 7.12. The summed E-state index contributed by atoms with van der Waals surface area (Å²) >= 11 is 6.04. The summed E-state index contributed by atoms with van der Waals surface area (Å²) in [6.45, 7) is 0. The summed E-state index contributed by atoms with van der Waals surface area (Å²) in [6.07, 6.45) is 7.26. The molecular weight excluding hydrogens is 314 g/mol. The highest BCUT2D eigenvalue weighted by molar-refractivity contribution is 6.30. The number of hydrogen-bond acceptors (Lipinski definition) is 4. The molecule has 23 heavy (non-hydrogen) atoms. The average molecular weight is 328 g/mol. The summed E-state index contributed by atoms with van der Waals surface area (Å²) < 4.78 is 3.43. The van der Waals surface area contributed by atoms with Gasteiger partial charge in [-0.1, -0.05) is 11.6 Å². The molecule has 2 bridgehead atoms. The van der Waals surface area contributed by atoms with Gasteiger partial charge < -0.3 is 0 Å². The van der Waals surface area contributed by atoms with Crippen molar-refractivity contribution in [1.82, 2.24) is 19.3 Å². The normalized spacial score (nSPS) is 33.5. The first-order chi connectivity index (χ1) is 11.1. The molecule has 2 aromatic rings. The molecule has 1 aliphatic heterocycles. The minimum absolute atomic E-state index is 0.0465. The van der Waals surface area contributed by atoms with Gasteiger partial charge in [0.05, 0.1) is 28.1 Å². The van der Waals surface area contributed by atoms with Crippen LogP contribution in [0.4, 0.5) is 0 Å². The molecule has 116 valence electrons. The summed E-state index contributed by atoms with van der Waals surface area (Å²) in [6, 6.07) is 4.19. The van der Waals surface area contributed by atoms with Crippen LogP contribution in [0.1, 0.15) is 43.1 Å². The molecule has 0 saturated heterocycles. The Morgan fingerprint density at radius 1 is 1.35 bits per heavy atom. The molecule has 4 aliphatic rings. The fourth-order valence-electron chi connectivity index (χ4n) is 4.61. The largest absolute Gasteiger partial charge is 0.347 e. The number of pyridine rings is 1. The van der Waals surface area contributed by atoms with Gasteiger partial charge in [0.15, 0.2) is 0 Å². The van der Waals surface area contributed by atoms with Gasteiger partial charge >= 0.3 is 5.69 Å². The minimum Gasteiger partial charge on any atom is -0.271 e. The van der Waals surface area contributed by atoms with E-state index in [1.54, 1.807) is 21.6 Å². The molecule has 6 rings (SSSR count). The van der Waals surface area contributed by atoms with E-state index < -0.39 is 0 Å². The Balaban J connectivity index is 1.55. The third kappa shape index (κ3) is 1.56. The summed E-state index contributed by atoms with van der Waals surface area (Å²) in [5.41, 5.74) is 0.489. The van der Waals surface area contributed by atoms with Crippen LogP contribution in [-0.2, 0) is 12.0 Å². The van der Waals surface area contributed by atoms with Crippen molar-refractivity contribution in [2.24, 2.45) is 5.41 Å². The van der Waals surface area contributed by atoms with Gasteiger partial charge in [-0.05, 0) is 37.3 Å². The Bertz CT molecular complexity index is 917. The van der Waals surface area contributed by atoms with Crippen molar-refractivity contribution in [2.75, 3.05) is 0 Å². The molecule has 6 nitrogen and oxygen atoms in total. The van der Waals surface area contributed by atoms with Crippen LogP contribution in [0.15, 0.2) is 23.3 Å². The van der Waals surface area contributed by atoms with E-state index >= 15 is 0 Å². The van der Waals surface area contributed by atoms with Gasteiger partial charge in [-0.3, -0.25) is 9.55 Å². The second kappa shape index (κ2) is 4.04. The van der Waals surface area contributed by atoms with Crippen LogP contribution in [0.2, 0.25) is 5.02 Å². The number of nitrogens with zero attached hydrogens (tertiary/aromatic N) is 5. The zero-order valence-corrected chi connectivity index (χ0v) is 13.1. The summed E-state index contributed by atoms with van der Waals surface area (Å²) in [4.78, 5) is 17.0. The van der Waals surface area contributed by atoms with E-state index in [-0.39, 0.29) is 22.7 Å². The molecule has 3 fully saturated rings. The number of hydrogen-bond donors (Lipinski definition) is 0. The lowest BCUT2D eigenvalue weighted by Crippen LogP contribution is -2.69. The Morgan fingerprint density at radius 3 is 2.83 bits per heavy atom. The van der Waals surface area contributed by atoms with Gasteiger partial charge in [0, 0.05) is 18.8 Å². The lowest BCUT2D eigenvalue weighted by molar-refractivity contribution is -0.155. The van der Waals surface area contributed by atoms with E-state index in [2.05, 4.69) is 16.2 Å². The van der Waals surface area contributed by atoms with Gasteiger partial charge in [-0.15, -0.1) is 0 Å². The molecule has 1 unspecified atom stereocenters. The van der Waals surface area contributed by atoms with Crippen LogP contribution in [0.5, 0.6) is 0 Å². The van der Waals surface area contributed by atoms with E-state index in [1.165, 1.54) is 0 Å². The SMILES string of the molecule is N#CC12CC(n3nc4n(c3=O)C(c3cncc(Cl)c3)CC4)(C1)C2. The van der Waals surface area contributed by atoms with Crippen molar-refractivity contribution >= 4 is 11.6 Å². The van der Waals surface area contributed by atoms with Crippen molar-refractivity contribution in [2.45, 2.75) is 43.7 Å². The number of aryl methyl sites for hydroxylation is 1. The fraction of sp³-hybridized carbons (Fsp3) is 0.500. The van der Waals surface area contributed by atoms with E-state index in [1.807, 2.05) is 6.07 Å². The van der Waals surface area contributed by atoms with Gasteiger partial charge in [-0.2, -0.15) is 10.4 Å². The zero-order valence-electron chi connectivity index (χ0n) is 12.4. The monoisotopic (exact) mass is 327 g/mol. The Hall–Kier alpha value is -2.13. The average Bonchev–Trinajstić information content (AvgIpc) is 2.99. The van der Waals surface area contributed by atoms with Crippen molar-refractivity contribution in [3.63, 3.8) is 0 Å². The highest BCUT2D eigenvalue weighted by atomic mass is 35.5. The number of fused-ring (bicyclic) bond motifs is 1. The topological polar surface area (TPSA) is 76.5 Å². The summed E-state index contributed by atoms with van der Waals surface area (Å²) in [5.74, 6) is 0.829. The van der Waals surface area contributed by atoms with Gasteiger partial charge in [-0.25, -0.2) is 9.48 Å². The Kier molecular flexibility index (Phi) is 2.34. The first-order valence-electron chi connectivity index (χ1n) is 7.79. The third-order valence-electron chi connectivity index (χ3n) is 5.63. The number of nitriles is 1.